The van der Waals surface area contributed by atoms with Gasteiger partial charge in [0.2, 0.25) is 5.95 Å². The highest BCUT2D eigenvalue weighted by molar-refractivity contribution is 9.10. The van der Waals surface area contributed by atoms with E-state index >= 15 is 0 Å². The third-order valence-corrected chi connectivity index (χ3v) is 6.09. The smallest absolute Gasteiger partial charge is 0.315 e. The second-order valence-corrected chi connectivity index (χ2v) is 8.92. The van der Waals surface area contributed by atoms with E-state index in [9.17, 15) is 18.4 Å². The molecule has 0 unspecified atom stereocenters. The Labute approximate surface area is 196 Å². The normalized spacial score (nSPS) is 11.8. The van der Waals surface area contributed by atoms with Crippen LogP contribution in [0.1, 0.15) is 18.1 Å². The van der Waals surface area contributed by atoms with Gasteiger partial charge in [0.05, 0.1) is 6.54 Å². The Morgan fingerprint density at radius 2 is 1.76 bits per heavy atom. The summed E-state index contributed by atoms with van der Waals surface area (Å²) in [6.07, 6.45) is 0. The van der Waals surface area contributed by atoms with E-state index in [-0.39, 0.29) is 23.3 Å². The van der Waals surface area contributed by atoms with Crippen LogP contribution in [0, 0.1) is 0 Å². The van der Waals surface area contributed by atoms with Crippen molar-refractivity contribution in [3.63, 3.8) is 0 Å². The molecule has 0 fully saturated rings. The van der Waals surface area contributed by atoms with Gasteiger partial charge in [-0.3, -0.25) is 18.5 Å². The molecular formula is C23H22BrF2N5O2. The minimum atomic E-state index is -3.01. The van der Waals surface area contributed by atoms with E-state index in [4.69, 9.17) is 0 Å². The predicted octanol–water partition coefficient (Wildman–Crippen LogP) is 4.12. The van der Waals surface area contributed by atoms with Gasteiger partial charge in [-0.15, -0.1) is 0 Å². The van der Waals surface area contributed by atoms with E-state index in [2.05, 4.69) is 20.9 Å². The third kappa shape index (κ3) is 4.10. The van der Waals surface area contributed by atoms with Crippen molar-refractivity contribution in [2.24, 2.45) is 14.1 Å². The average molecular weight is 518 g/mol. The molecule has 0 saturated carbocycles. The molecule has 7 nitrogen and oxygen atoms in total. The molecule has 0 bridgehead atoms. The summed E-state index contributed by atoms with van der Waals surface area (Å²) >= 11 is 3.46. The van der Waals surface area contributed by atoms with E-state index < -0.39 is 17.2 Å². The molecule has 0 amide bonds. The van der Waals surface area contributed by atoms with Gasteiger partial charge in [-0.05, 0) is 29.8 Å². The molecule has 4 aromatic rings. The van der Waals surface area contributed by atoms with Crippen LogP contribution in [0.4, 0.5) is 20.4 Å². The molecule has 0 aliphatic carbocycles. The molecule has 172 valence electrons. The summed E-state index contributed by atoms with van der Waals surface area (Å²) in [6.45, 7) is 1.13. The average Bonchev–Trinajstić information content (AvgIpc) is 3.14. The molecule has 0 aliphatic heterocycles. The van der Waals surface area contributed by atoms with E-state index in [1.807, 2.05) is 24.3 Å². The number of aromatic nitrogens is 4. The van der Waals surface area contributed by atoms with Crippen molar-refractivity contribution >= 4 is 38.7 Å². The summed E-state index contributed by atoms with van der Waals surface area (Å²) in [7, 11) is 4.65. The maximum absolute atomic E-state index is 13.9. The van der Waals surface area contributed by atoms with Gasteiger partial charge in [-0.1, -0.05) is 40.2 Å². The minimum absolute atomic E-state index is 0.134. The molecule has 2 heterocycles. The first-order valence-corrected chi connectivity index (χ1v) is 10.9. The van der Waals surface area contributed by atoms with Crippen molar-refractivity contribution in [3.8, 4) is 0 Å². The molecule has 0 atom stereocenters. The molecule has 4 rings (SSSR count). The SMILES string of the molecule is CN(c1cccc(C(C)(F)F)c1)c1nc2c(c(=O)n(C)c(=O)n2C)n1Cc1cccc(Br)c1. The molecule has 2 aromatic carbocycles. The number of hydrogen-bond acceptors (Lipinski definition) is 4. The summed E-state index contributed by atoms with van der Waals surface area (Å²) in [5.74, 6) is -2.66. The Bertz CT molecular complexity index is 1480. The van der Waals surface area contributed by atoms with E-state index in [0.29, 0.717) is 11.6 Å². The fourth-order valence-corrected chi connectivity index (χ4v) is 4.21. The molecule has 2 aromatic heterocycles. The number of benzene rings is 2. The first-order chi connectivity index (χ1) is 15.5. The summed E-state index contributed by atoms with van der Waals surface area (Å²) in [5.41, 5.74) is 0.718. The van der Waals surface area contributed by atoms with Gasteiger partial charge < -0.3 is 4.90 Å². The standard InChI is InChI=1S/C23H22BrF2N5O2/c1-23(25,26)15-8-6-10-17(12-15)28(2)21-27-19-18(20(32)30(4)22(33)29(19)3)31(21)13-14-7-5-9-16(24)11-14/h5-12H,13H2,1-4H3. The Morgan fingerprint density at radius 1 is 1.06 bits per heavy atom. The molecule has 0 spiro atoms. The van der Waals surface area contributed by atoms with E-state index in [1.54, 1.807) is 35.7 Å². The zero-order valence-electron chi connectivity index (χ0n) is 18.5. The van der Waals surface area contributed by atoms with E-state index in [0.717, 1.165) is 21.5 Å². The van der Waals surface area contributed by atoms with Crippen LogP contribution < -0.4 is 16.1 Å². The maximum atomic E-state index is 13.9. The molecule has 0 radical (unpaired) electrons. The summed E-state index contributed by atoms with van der Waals surface area (Å²) in [5, 5.41) is 0. The lowest BCUT2D eigenvalue weighted by atomic mass is 10.1. The fraction of sp³-hybridized carbons (Fsp3) is 0.261. The maximum Gasteiger partial charge on any atom is 0.332 e. The summed E-state index contributed by atoms with van der Waals surface area (Å²) < 4.78 is 32.8. The van der Waals surface area contributed by atoms with Gasteiger partial charge >= 0.3 is 5.69 Å². The number of halogens is 3. The molecule has 0 N–H and O–H groups in total. The summed E-state index contributed by atoms with van der Waals surface area (Å²) in [6, 6.07) is 13.6. The van der Waals surface area contributed by atoms with Gasteiger partial charge in [0.25, 0.3) is 11.5 Å². The molecular weight excluding hydrogens is 496 g/mol. The van der Waals surface area contributed by atoms with Crippen LogP contribution in [-0.4, -0.2) is 25.7 Å². The first kappa shape index (κ1) is 22.9. The van der Waals surface area contributed by atoms with Gasteiger partial charge in [-0.2, -0.15) is 4.98 Å². The number of anilines is 2. The Morgan fingerprint density at radius 3 is 2.42 bits per heavy atom. The zero-order valence-corrected chi connectivity index (χ0v) is 20.1. The molecule has 0 aliphatic rings. The van der Waals surface area contributed by atoms with Crippen LogP contribution in [-0.2, 0) is 26.6 Å². The van der Waals surface area contributed by atoms with Crippen molar-refractivity contribution < 1.29 is 8.78 Å². The highest BCUT2D eigenvalue weighted by atomic mass is 79.9. The number of alkyl halides is 2. The molecule has 10 heteroatoms. The lowest BCUT2D eigenvalue weighted by Gasteiger charge is -2.22. The van der Waals surface area contributed by atoms with Gasteiger partial charge in [0.1, 0.15) is 0 Å². The molecule has 33 heavy (non-hydrogen) atoms. The number of rotatable bonds is 5. The quantitative estimate of drug-likeness (QED) is 0.399. The van der Waals surface area contributed by atoms with Crippen molar-refractivity contribution in [3.05, 3.63) is 85.0 Å². The largest absolute Gasteiger partial charge is 0.332 e. The van der Waals surface area contributed by atoms with Gasteiger partial charge in [0.15, 0.2) is 11.2 Å². The second-order valence-electron chi connectivity index (χ2n) is 8.00. The second kappa shape index (κ2) is 8.26. The van der Waals surface area contributed by atoms with Crippen molar-refractivity contribution in [2.75, 3.05) is 11.9 Å². The van der Waals surface area contributed by atoms with Crippen molar-refractivity contribution in [2.45, 2.75) is 19.4 Å². The number of hydrogen-bond donors (Lipinski definition) is 0. The monoisotopic (exact) mass is 517 g/mol. The lowest BCUT2D eigenvalue weighted by Crippen LogP contribution is -2.37. The minimum Gasteiger partial charge on any atom is -0.315 e. The van der Waals surface area contributed by atoms with Crippen LogP contribution in [0.5, 0.6) is 0 Å². The highest BCUT2D eigenvalue weighted by Gasteiger charge is 2.26. The van der Waals surface area contributed by atoms with Crippen LogP contribution in [0.25, 0.3) is 11.2 Å². The topological polar surface area (TPSA) is 65.1 Å². The van der Waals surface area contributed by atoms with Crippen LogP contribution in [0.15, 0.2) is 62.6 Å². The predicted molar refractivity (Wildman–Crippen MR) is 128 cm³/mol. The van der Waals surface area contributed by atoms with E-state index in [1.165, 1.54) is 23.7 Å². The number of aryl methyl sites for hydroxylation is 1. The Hall–Kier alpha value is -3.27. The number of nitrogens with zero attached hydrogens (tertiary/aromatic N) is 5. The van der Waals surface area contributed by atoms with Gasteiger partial charge in [-0.25, -0.2) is 13.6 Å². The lowest BCUT2D eigenvalue weighted by molar-refractivity contribution is 0.0175. The van der Waals surface area contributed by atoms with Crippen LogP contribution in [0.2, 0.25) is 0 Å². The van der Waals surface area contributed by atoms with Crippen molar-refractivity contribution in [1.29, 1.82) is 0 Å². The first-order valence-electron chi connectivity index (χ1n) is 10.1. The fourth-order valence-electron chi connectivity index (χ4n) is 3.76. The third-order valence-electron chi connectivity index (χ3n) is 5.60. The van der Waals surface area contributed by atoms with Crippen molar-refractivity contribution in [1.82, 2.24) is 18.7 Å². The Balaban J connectivity index is 1.98. The van der Waals surface area contributed by atoms with Crippen LogP contribution >= 0.6 is 15.9 Å². The number of imidazole rings is 1. The summed E-state index contributed by atoms with van der Waals surface area (Å²) in [4.78, 5) is 31.8. The van der Waals surface area contributed by atoms with Crippen LogP contribution in [0.3, 0.4) is 0 Å². The number of fused-ring (bicyclic) bond motifs is 1. The molecule has 0 saturated heterocycles. The highest BCUT2D eigenvalue weighted by Crippen LogP contribution is 2.32. The Kier molecular flexibility index (Phi) is 5.73. The zero-order chi connectivity index (χ0) is 24.1. The van der Waals surface area contributed by atoms with Gasteiger partial charge in [0, 0.05) is 43.8 Å².